The van der Waals surface area contributed by atoms with Gasteiger partial charge in [0.1, 0.15) is 0 Å². The molecule has 0 fully saturated rings. The molecule has 0 saturated carbocycles. The predicted octanol–water partition coefficient (Wildman–Crippen LogP) is 2.44. The lowest BCUT2D eigenvalue weighted by molar-refractivity contribution is -0.385. The van der Waals surface area contributed by atoms with Crippen LogP contribution < -0.4 is 14.9 Å². The van der Waals surface area contributed by atoms with Gasteiger partial charge in [-0.1, -0.05) is 6.07 Å². The van der Waals surface area contributed by atoms with E-state index < -0.39 is 22.4 Å². The van der Waals surface area contributed by atoms with E-state index in [0.717, 1.165) is 18.3 Å². The Morgan fingerprint density at radius 3 is 2.53 bits per heavy atom. The second-order valence-electron chi connectivity index (χ2n) is 5.88. The molecule has 0 aromatic heterocycles. The molecule has 0 aliphatic rings. The lowest BCUT2D eigenvalue weighted by Gasteiger charge is -2.08. The Bertz CT molecular complexity index is 1010. The molecule has 158 valence electrons. The first-order chi connectivity index (χ1) is 14.2. The molecule has 0 unspecified atom stereocenters. The summed E-state index contributed by atoms with van der Waals surface area (Å²) in [5.41, 5.74) is 2.09. The Hall–Kier alpha value is -4.22. The Kier molecular flexibility index (Phi) is 7.22. The first kappa shape index (κ1) is 22.1. The third kappa shape index (κ3) is 5.64. The maximum absolute atomic E-state index is 11.9. The monoisotopic (exact) mass is 418 g/mol. The van der Waals surface area contributed by atoms with Gasteiger partial charge >= 0.3 is 5.69 Å². The number of carbonyl (C=O) groups excluding carboxylic acids is 1. The summed E-state index contributed by atoms with van der Waals surface area (Å²) in [6, 6.07) is 6.41. The van der Waals surface area contributed by atoms with Crippen LogP contribution in [0.4, 0.5) is 11.4 Å². The molecule has 2 N–H and O–H groups in total. The average Bonchev–Trinajstić information content (AvgIpc) is 2.69. The Balaban J connectivity index is 2.06. The van der Waals surface area contributed by atoms with Crippen LogP contribution in [0.3, 0.4) is 0 Å². The number of ether oxygens (including phenoxy) is 2. The highest BCUT2D eigenvalue weighted by molar-refractivity contribution is 5.87. The van der Waals surface area contributed by atoms with Gasteiger partial charge in [0.05, 0.1) is 28.7 Å². The highest BCUT2D eigenvalue weighted by Crippen LogP contribution is 2.33. The third-order valence-corrected chi connectivity index (χ3v) is 3.66. The molecular formula is C18H18N4O8. The van der Waals surface area contributed by atoms with Gasteiger partial charge in [-0.3, -0.25) is 25.0 Å². The van der Waals surface area contributed by atoms with Gasteiger partial charge < -0.3 is 14.6 Å². The van der Waals surface area contributed by atoms with Gasteiger partial charge in [0.15, 0.2) is 23.9 Å². The van der Waals surface area contributed by atoms with Crippen LogP contribution in [0.15, 0.2) is 35.4 Å². The van der Waals surface area contributed by atoms with Crippen LogP contribution in [0.5, 0.6) is 17.2 Å². The van der Waals surface area contributed by atoms with E-state index in [0.29, 0.717) is 5.56 Å². The summed E-state index contributed by atoms with van der Waals surface area (Å²) in [5.74, 6) is -1.31. The molecule has 0 saturated heterocycles. The van der Waals surface area contributed by atoms with Crippen molar-refractivity contribution in [3.63, 3.8) is 0 Å². The fourth-order valence-corrected chi connectivity index (χ4v) is 2.33. The highest BCUT2D eigenvalue weighted by atomic mass is 16.6. The zero-order valence-corrected chi connectivity index (χ0v) is 16.0. The number of amides is 1. The summed E-state index contributed by atoms with van der Waals surface area (Å²) in [4.78, 5) is 32.6. The molecular weight excluding hydrogens is 400 g/mol. The number of hydrogen-bond donors (Lipinski definition) is 2. The van der Waals surface area contributed by atoms with Crippen molar-refractivity contribution in [2.45, 2.75) is 13.8 Å². The van der Waals surface area contributed by atoms with Crippen LogP contribution in [-0.2, 0) is 4.79 Å². The number of nitro benzene ring substituents is 2. The Morgan fingerprint density at radius 2 is 1.90 bits per heavy atom. The van der Waals surface area contributed by atoms with Crippen LogP contribution in [-0.4, -0.2) is 40.3 Å². The number of nitrogens with one attached hydrogen (secondary N) is 1. The van der Waals surface area contributed by atoms with Crippen molar-refractivity contribution >= 4 is 23.5 Å². The van der Waals surface area contributed by atoms with E-state index in [-0.39, 0.29) is 40.8 Å². The summed E-state index contributed by atoms with van der Waals surface area (Å²) in [5, 5.41) is 35.8. The molecule has 0 aliphatic carbocycles. The van der Waals surface area contributed by atoms with E-state index in [9.17, 15) is 30.1 Å². The summed E-state index contributed by atoms with van der Waals surface area (Å²) < 4.78 is 10.3. The van der Waals surface area contributed by atoms with Gasteiger partial charge in [-0.2, -0.15) is 5.10 Å². The van der Waals surface area contributed by atoms with Crippen LogP contribution in [0.25, 0.3) is 0 Å². The summed E-state index contributed by atoms with van der Waals surface area (Å²) >= 11 is 0. The van der Waals surface area contributed by atoms with Crippen molar-refractivity contribution in [3.8, 4) is 17.2 Å². The first-order valence-electron chi connectivity index (χ1n) is 8.56. The molecule has 2 rings (SSSR count). The van der Waals surface area contributed by atoms with Gasteiger partial charge in [-0.25, -0.2) is 5.43 Å². The fraction of sp³-hybridized carbons (Fsp3) is 0.222. The largest absolute Gasteiger partial charge is 0.504 e. The topological polar surface area (TPSA) is 166 Å². The smallest absolute Gasteiger partial charge is 0.311 e. The molecule has 12 heteroatoms. The summed E-state index contributed by atoms with van der Waals surface area (Å²) in [6.07, 6.45) is 0.997. The first-order valence-corrected chi connectivity index (χ1v) is 8.56. The molecule has 12 nitrogen and oxygen atoms in total. The molecule has 0 atom stereocenters. The lowest BCUT2D eigenvalue weighted by Crippen LogP contribution is -2.24. The van der Waals surface area contributed by atoms with Crippen LogP contribution in [0.2, 0.25) is 0 Å². The number of hydrogen-bond acceptors (Lipinski definition) is 9. The van der Waals surface area contributed by atoms with E-state index in [1.807, 2.05) is 0 Å². The number of aryl methyl sites for hydroxylation is 1. The van der Waals surface area contributed by atoms with E-state index in [1.54, 1.807) is 19.9 Å². The molecule has 2 aromatic rings. The second kappa shape index (κ2) is 9.82. The fourth-order valence-electron chi connectivity index (χ4n) is 2.33. The number of non-ortho nitro benzene ring substituents is 1. The predicted molar refractivity (Wildman–Crippen MR) is 105 cm³/mol. The number of nitrogens with zero attached hydrogens (tertiary/aromatic N) is 3. The summed E-state index contributed by atoms with van der Waals surface area (Å²) in [7, 11) is 0. The number of aromatic hydroxyl groups is 1. The molecule has 0 aliphatic heterocycles. The number of phenols is 1. The zero-order valence-electron chi connectivity index (χ0n) is 16.0. The minimum Gasteiger partial charge on any atom is -0.504 e. The van der Waals surface area contributed by atoms with E-state index in [4.69, 9.17) is 9.47 Å². The minimum atomic E-state index is -0.740. The van der Waals surface area contributed by atoms with E-state index >= 15 is 0 Å². The van der Waals surface area contributed by atoms with Crippen molar-refractivity contribution in [2.24, 2.45) is 5.10 Å². The molecule has 0 bridgehead atoms. The average molecular weight is 418 g/mol. The van der Waals surface area contributed by atoms with Crippen LogP contribution in [0.1, 0.15) is 18.1 Å². The lowest BCUT2D eigenvalue weighted by atomic mass is 10.1. The molecule has 30 heavy (non-hydrogen) atoms. The molecule has 0 heterocycles. The number of phenolic OH excluding ortho intramolecular Hbond substituents is 1. The number of nitro groups is 2. The number of carbonyl (C=O) groups is 1. The third-order valence-electron chi connectivity index (χ3n) is 3.66. The number of rotatable bonds is 9. The second-order valence-corrected chi connectivity index (χ2v) is 5.88. The maximum atomic E-state index is 11.9. The Labute approximate surface area is 170 Å². The zero-order chi connectivity index (χ0) is 22.3. The van der Waals surface area contributed by atoms with Crippen LogP contribution >= 0.6 is 0 Å². The normalized spacial score (nSPS) is 10.6. The standard InChI is InChI=1S/C18H18N4O8/c1-3-29-16-8-13(21(25)26)7-12(18(16)24)9-19-20-17(23)10-30-15-5-4-11(2)6-14(15)22(27)28/h4-9,24H,3,10H2,1-2H3,(H,20,23)/b19-9+. The van der Waals surface area contributed by atoms with Crippen molar-refractivity contribution < 1.29 is 29.2 Å². The summed E-state index contributed by atoms with van der Waals surface area (Å²) in [6.45, 7) is 2.93. The maximum Gasteiger partial charge on any atom is 0.311 e. The van der Waals surface area contributed by atoms with Gasteiger partial charge in [-0.15, -0.1) is 0 Å². The van der Waals surface area contributed by atoms with Crippen molar-refractivity contribution in [1.29, 1.82) is 0 Å². The van der Waals surface area contributed by atoms with Crippen molar-refractivity contribution in [2.75, 3.05) is 13.2 Å². The molecule has 0 radical (unpaired) electrons. The molecule has 2 aromatic carbocycles. The molecule has 0 spiro atoms. The Morgan fingerprint density at radius 1 is 1.17 bits per heavy atom. The van der Waals surface area contributed by atoms with Crippen molar-refractivity contribution in [1.82, 2.24) is 5.43 Å². The number of hydrazone groups is 1. The minimum absolute atomic E-state index is 0.0527. The molecule has 1 amide bonds. The van der Waals surface area contributed by atoms with Gasteiger partial charge in [0.2, 0.25) is 0 Å². The van der Waals surface area contributed by atoms with Crippen molar-refractivity contribution in [3.05, 3.63) is 61.7 Å². The van der Waals surface area contributed by atoms with Gasteiger partial charge in [0.25, 0.3) is 11.6 Å². The van der Waals surface area contributed by atoms with E-state index in [1.165, 1.54) is 12.1 Å². The number of benzene rings is 2. The van der Waals surface area contributed by atoms with E-state index in [2.05, 4.69) is 10.5 Å². The van der Waals surface area contributed by atoms with Gasteiger partial charge in [0, 0.05) is 17.7 Å². The SMILES string of the molecule is CCOc1cc([N+](=O)[O-])cc(/C=N/NC(=O)COc2ccc(C)cc2[N+](=O)[O-])c1O. The van der Waals surface area contributed by atoms with Gasteiger partial charge in [-0.05, 0) is 25.5 Å². The highest BCUT2D eigenvalue weighted by Gasteiger charge is 2.17. The quantitative estimate of drug-likeness (QED) is 0.356. The van der Waals surface area contributed by atoms with Crippen LogP contribution in [0, 0.1) is 27.2 Å².